The highest BCUT2D eigenvalue weighted by atomic mass is 32.2. The Hall–Kier alpha value is -0.130. The second-order valence-corrected chi connectivity index (χ2v) is 6.39. The van der Waals surface area contributed by atoms with Crippen LogP contribution >= 0.6 is 0 Å². The van der Waals surface area contributed by atoms with Gasteiger partial charge in [0.2, 0.25) is 0 Å². The average molecular weight is 237 g/mol. The van der Waals surface area contributed by atoms with Crippen LogP contribution in [0, 0.1) is 0 Å². The maximum Gasteiger partial charge on any atom is 0.148 e. The molecule has 1 atom stereocenters. The number of hydrogen-bond acceptors (Lipinski definition) is 4. The minimum absolute atomic E-state index is 0.0640. The number of aliphatic hydroxyl groups excluding tert-OH is 1. The van der Waals surface area contributed by atoms with Gasteiger partial charge in [0, 0.05) is 18.9 Å². The lowest BCUT2D eigenvalue weighted by Crippen LogP contribution is -2.35. The van der Waals surface area contributed by atoms with E-state index in [9.17, 15) is 8.42 Å². The van der Waals surface area contributed by atoms with Crippen molar-refractivity contribution in [3.8, 4) is 0 Å². The average Bonchev–Trinajstić information content (AvgIpc) is 2.09. The molecular weight excluding hydrogens is 214 g/mol. The fourth-order valence-electron chi connectivity index (χ4n) is 1.44. The molecule has 0 aliphatic rings. The number of hydrogen-bond donors (Lipinski definition) is 1. The molecule has 0 saturated heterocycles. The minimum atomic E-state index is -2.89. The summed E-state index contributed by atoms with van der Waals surface area (Å²) in [5, 5.41) is 8.60. The summed E-state index contributed by atoms with van der Waals surface area (Å²) in [6.45, 7) is 3.05. The van der Waals surface area contributed by atoms with Crippen LogP contribution in [0.1, 0.15) is 26.2 Å². The van der Waals surface area contributed by atoms with Crippen molar-refractivity contribution in [2.75, 3.05) is 32.2 Å². The first kappa shape index (κ1) is 14.9. The molecule has 1 N–H and O–H groups in total. The van der Waals surface area contributed by atoms with Gasteiger partial charge in [0.15, 0.2) is 0 Å². The van der Waals surface area contributed by atoms with Gasteiger partial charge in [0.25, 0.3) is 0 Å². The van der Waals surface area contributed by atoms with Crippen molar-refractivity contribution < 1.29 is 13.5 Å². The van der Waals surface area contributed by atoms with Crippen molar-refractivity contribution in [3.05, 3.63) is 0 Å². The first-order valence-electron chi connectivity index (χ1n) is 5.35. The molecule has 0 aliphatic carbocycles. The van der Waals surface area contributed by atoms with Gasteiger partial charge in [-0.2, -0.15) is 0 Å². The Morgan fingerprint density at radius 1 is 1.27 bits per heavy atom. The first-order chi connectivity index (χ1) is 6.87. The lowest BCUT2D eigenvalue weighted by Gasteiger charge is -2.23. The molecule has 1 unspecified atom stereocenters. The molecule has 0 aromatic carbocycles. The fraction of sp³-hybridized carbons (Fsp3) is 1.00. The lowest BCUT2D eigenvalue weighted by atomic mass is 10.2. The highest BCUT2D eigenvalue weighted by Gasteiger charge is 2.14. The number of sulfone groups is 1. The Morgan fingerprint density at radius 2 is 1.87 bits per heavy atom. The number of aliphatic hydroxyl groups is 1. The molecule has 0 spiro atoms. The van der Waals surface area contributed by atoms with Crippen LogP contribution in [0.4, 0.5) is 0 Å². The van der Waals surface area contributed by atoms with Gasteiger partial charge < -0.3 is 10.0 Å². The molecule has 0 rings (SSSR count). The van der Waals surface area contributed by atoms with Gasteiger partial charge in [0.05, 0.1) is 5.75 Å². The van der Waals surface area contributed by atoms with E-state index in [1.165, 1.54) is 6.26 Å². The largest absolute Gasteiger partial charge is 0.396 e. The Bertz CT molecular complexity index is 251. The summed E-state index contributed by atoms with van der Waals surface area (Å²) < 4.78 is 22.1. The zero-order valence-electron chi connectivity index (χ0n) is 9.94. The van der Waals surface area contributed by atoms with Crippen LogP contribution in [-0.4, -0.2) is 56.7 Å². The van der Waals surface area contributed by atoms with Crippen LogP contribution in [0.2, 0.25) is 0 Å². The van der Waals surface area contributed by atoms with Crippen molar-refractivity contribution in [2.45, 2.75) is 32.2 Å². The normalized spacial score (nSPS) is 14.5. The van der Waals surface area contributed by atoms with E-state index in [4.69, 9.17) is 5.11 Å². The monoisotopic (exact) mass is 237 g/mol. The summed E-state index contributed by atoms with van der Waals surface area (Å²) in [6, 6.07) is 0.0640. The van der Waals surface area contributed by atoms with E-state index in [1.807, 2.05) is 14.0 Å². The molecule has 0 heterocycles. The van der Waals surface area contributed by atoms with Gasteiger partial charge in [-0.3, -0.25) is 0 Å². The SMILES string of the molecule is CC(CS(C)(=O)=O)N(C)CCCCCO. The van der Waals surface area contributed by atoms with Gasteiger partial charge in [-0.15, -0.1) is 0 Å². The quantitative estimate of drug-likeness (QED) is 0.625. The second-order valence-electron chi connectivity index (χ2n) is 4.21. The number of unbranched alkanes of at least 4 members (excludes halogenated alkanes) is 2. The molecule has 0 fully saturated rings. The van der Waals surface area contributed by atoms with E-state index in [-0.39, 0.29) is 18.4 Å². The van der Waals surface area contributed by atoms with Crippen molar-refractivity contribution in [2.24, 2.45) is 0 Å². The maximum absolute atomic E-state index is 11.1. The predicted molar refractivity (Wildman–Crippen MR) is 62.7 cm³/mol. The highest BCUT2D eigenvalue weighted by Crippen LogP contribution is 2.03. The second kappa shape index (κ2) is 7.19. The number of nitrogens with zero attached hydrogens (tertiary/aromatic N) is 1. The van der Waals surface area contributed by atoms with Crippen LogP contribution in [0.15, 0.2) is 0 Å². The molecule has 0 radical (unpaired) electrons. The van der Waals surface area contributed by atoms with Crippen LogP contribution < -0.4 is 0 Å². The highest BCUT2D eigenvalue weighted by molar-refractivity contribution is 7.90. The first-order valence-corrected chi connectivity index (χ1v) is 7.41. The molecule has 0 saturated carbocycles. The van der Waals surface area contributed by atoms with E-state index in [0.717, 1.165) is 25.8 Å². The Balaban J connectivity index is 3.74. The van der Waals surface area contributed by atoms with Crippen molar-refractivity contribution >= 4 is 9.84 Å². The summed E-state index contributed by atoms with van der Waals surface area (Å²) >= 11 is 0. The van der Waals surface area contributed by atoms with E-state index in [1.54, 1.807) is 0 Å². The molecule has 4 nitrogen and oxygen atoms in total. The molecule has 0 aromatic rings. The van der Waals surface area contributed by atoms with Crippen LogP contribution in [-0.2, 0) is 9.84 Å². The Morgan fingerprint density at radius 3 is 2.33 bits per heavy atom. The van der Waals surface area contributed by atoms with Crippen molar-refractivity contribution in [1.82, 2.24) is 4.90 Å². The van der Waals surface area contributed by atoms with Gasteiger partial charge in [-0.05, 0) is 39.8 Å². The van der Waals surface area contributed by atoms with Gasteiger partial charge in [0.1, 0.15) is 9.84 Å². The third-order valence-electron chi connectivity index (χ3n) is 2.47. The van der Waals surface area contributed by atoms with E-state index < -0.39 is 9.84 Å². The molecule has 5 heteroatoms. The molecule has 0 aromatic heterocycles. The molecular formula is C10H23NO3S. The third kappa shape index (κ3) is 8.84. The van der Waals surface area contributed by atoms with Crippen molar-refractivity contribution in [3.63, 3.8) is 0 Å². The van der Waals surface area contributed by atoms with Crippen LogP contribution in [0.25, 0.3) is 0 Å². The van der Waals surface area contributed by atoms with E-state index in [2.05, 4.69) is 4.90 Å². The van der Waals surface area contributed by atoms with Gasteiger partial charge in [-0.1, -0.05) is 0 Å². The van der Waals surface area contributed by atoms with Gasteiger partial charge in [-0.25, -0.2) is 8.42 Å². The Kier molecular flexibility index (Phi) is 7.13. The molecule has 15 heavy (non-hydrogen) atoms. The Labute approximate surface area is 93.2 Å². The zero-order chi connectivity index (χ0) is 11.9. The maximum atomic E-state index is 11.1. The van der Waals surface area contributed by atoms with E-state index in [0.29, 0.717) is 0 Å². The van der Waals surface area contributed by atoms with Gasteiger partial charge >= 0.3 is 0 Å². The molecule has 0 bridgehead atoms. The topological polar surface area (TPSA) is 57.6 Å². The summed E-state index contributed by atoms with van der Waals surface area (Å²) in [5.74, 6) is 0.212. The minimum Gasteiger partial charge on any atom is -0.396 e. The smallest absolute Gasteiger partial charge is 0.148 e. The summed E-state index contributed by atoms with van der Waals surface area (Å²) in [6.07, 6.45) is 4.09. The number of rotatable bonds is 8. The van der Waals surface area contributed by atoms with Crippen LogP contribution in [0.3, 0.4) is 0 Å². The van der Waals surface area contributed by atoms with Crippen LogP contribution in [0.5, 0.6) is 0 Å². The summed E-state index contributed by atoms with van der Waals surface area (Å²) in [5.41, 5.74) is 0. The predicted octanol–water partition coefficient (Wildman–Crippen LogP) is 0.514. The molecule has 0 aliphatic heterocycles. The molecule has 0 amide bonds. The summed E-state index contributed by atoms with van der Waals surface area (Å²) in [7, 11) is -0.946. The zero-order valence-corrected chi connectivity index (χ0v) is 10.8. The lowest BCUT2D eigenvalue weighted by molar-refractivity contribution is 0.253. The van der Waals surface area contributed by atoms with Crippen molar-refractivity contribution in [1.29, 1.82) is 0 Å². The third-order valence-corrected chi connectivity index (χ3v) is 3.55. The standard InChI is InChI=1S/C10H23NO3S/c1-10(9-15(3,13)14)11(2)7-5-4-6-8-12/h10,12H,4-9H2,1-3H3. The summed E-state index contributed by atoms with van der Waals surface area (Å²) in [4.78, 5) is 2.05. The van der Waals surface area contributed by atoms with E-state index >= 15 is 0 Å². The molecule has 92 valence electrons. The fourth-order valence-corrected chi connectivity index (χ4v) is 2.57.